The van der Waals surface area contributed by atoms with Gasteiger partial charge in [-0.05, 0) is 49.2 Å². The first kappa shape index (κ1) is 21.6. The highest BCUT2D eigenvalue weighted by atomic mass is 16.4. The molecule has 2 aromatic heterocycles. The molecule has 5 aromatic rings. The molecule has 0 aliphatic carbocycles. The standard InChI is InChI=1S/C29H25NO4/c1-19-27(31)20(2)29(32)34-28(19)26-16-23-15-24(13-14-25(23)33-26)30(17-21-9-5-3-6-10-21)18-22-11-7-4-8-12-22/h3-16,31H,17-18H2,1-2H3. The van der Waals surface area contributed by atoms with Gasteiger partial charge in [0.15, 0.2) is 11.5 Å². The number of nitrogens with zero attached hydrogens (tertiary/aromatic N) is 1. The molecule has 0 fully saturated rings. The Bertz CT molecular complexity index is 1460. The summed E-state index contributed by atoms with van der Waals surface area (Å²) in [5.74, 6) is 0.593. The van der Waals surface area contributed by atoms with E-state index in [0.29, 0.717) is 16.9 Å². The highest BCUT2D eigenvalue weighted by Gasteiger charge is 2.19. The van der Waals surface area contributed by atoms with Crippen LogP contribution in [0, 0.1) is 13.8 Å². The highest BCUT2D eigenvalue weighted by Crippen LogP contribution is 2.35. The largest absolute Gasteiger partial charge is 0.507 e. The van der Waals surface area contributed by atoms with Crippen LogP contribution in [0.1, 0.15) is 22.3 Å². The van der Waals surface area contributed by atoms with Crippen LogP contribution in [0.15, 0.2) is 98.6 Å². The SMILES string of the molecule is Cc1c(-c2cc3cc(N(Cc4ccccc4)Cc4ccccc4)ccc3o2)oc(=O)c(C)c1O. The summed E-state index contributed by atoms with van der Waals surface area (Å²) >= 11 is 0. The molecule has 3 aromatic carbocycles. The van der Waals surface area contributed by atoms with Gasteiger partial charge in [0.05, 0.1) is 5.56 Å². The van der Waals surface area contributed by atoms with Gasteiger partial charge in [-0.25, -0.2) is 4.79 Å². The Kier molecular flexibility index (Phi) is 5.68. The van der Waals surface area contributed by atoms with Gasteiger partial charge in [-0.15, -0.1) is 0 Å². The topological polar surface area (TPSA) is 66.8 Å². The summed E-state index contributed by atoms with van der Waals surface area (Å²) in [5.41, 5.74) is 4.27. The molecule has 170 valence electrons. The molecule has 0 radical (unpaired) electrons. The molecule has 5 rings (SSSR count). The van der Waals surface area contributed by atoms with E-state index >= 15 is 0 Å². The number of anilines is 1. The first-order valence-electron chi connectivity index (χ1n) is 11.2. The van der Waals surface area contributed by atoms with Gasteiger partial charge in [-0.3, -0.25) is 0 Å². The lowest BCUT2D eigenvalue weighted by Crippen LogP contribution is -2.22. The summed E-state index contributed by atoms with van der Waals surface area (Å²) in [6, 6.07) is 28.6. The molecule has 0 atom stereocenters. The predicted molar refractivity (Wildman–Crippen MR) is 134 cm³/mol. The first-order valence-corrected chi connectivity index (χ1v) is 11.2. The molecule has 2 heterocycles. The van der Waals surface area contributed by atoms with Gasteiger partial charge >= 0.3 is 5.63 Å². The lowest BCUT2D eigenvalue weighted by molar-refractivity contribution is 0.433. The average Bonchev–Trinajstić information content (AvgIpc) is 3.29. The van der Waals surface area contributed by atoms with Gasteiger partial charge in [-0.1, -0.05) is 60.7 Å². The molecule has 5 heteroatoms. The smallest absolute Gasteiger partial charge is 0.343 e. The van der Waals surface area contributed by atoms with Crippen molar-refractivity contribution >= 4 is 16.7 Å². The van der Waals surface area contributed by atoms with Gasteiger partial charge in [0.2, 0.25) is 0 Å². The molecule has 5 nitrogen and oxygen atoms in total. The molecule has 0 aliphatic rings. The number of rotatable bonds is 6. The fourth-order valence-electron chi connectivity index (χ4n) is 4.15. The van der Waals surface area contributed by atoms with E-state index in [9.17, 15) is 9.90 Å². The van der Waals surface area contributed by atoms with Crippen LogP contribution in [0.25, 0.3) is 22.5 Å². The normalized spacial score (nSPS) is 11.1. The number of hydrogen-bond acceptors (Lipinski definition) is 5. The minimum absolute atomic E-state index is 0.0655. The molecular formula is C29H25NO4. The maximum atomic E-state index is 12.1. The number of hydrogen-bond donors (Lipinski definition) is 1. The maximum Gasteiger partial charge on any atom is 0.343 e. The molecule has 0 bridgehead atoms. The van der Waals surface area contributed by atoms with Crippen molar-refractivity contribution in [3.63, 3.8) is 0 Å². The van der Waals surface area contributed by atoms with Crippen LogP contribution in [0.5, 0.6) is 5.75 Å². The van der Waals surface area contributed by atoms with Crippen LogP contribution in [0.4, 0.5) is 5.69 Å². The number of aromatic hydroxyl groups is 1. The van der Waals surface area contributed by atoms with E-state index in [4.69, 9.17) is 8.83 Å². The van der Waals surface area contributed by atoms with E-state index in [2.05, 4.69) is 59.5 Å². The summed E-state index contributed by atoms with van der Waals surface area (Å²) in [6.07, 6.45) is 0. The van der Waals surface area contributed by atoms with Gasteiger partial charge in [-0.2, -0.15) is 0 Å². The second-order valence-corrected chi connectivity index (χ2v) is 8.48. The zero-order chi connectivity index (χ0) is 23.7. The van der Waals surface area contributed by atoms with Crippen LogP contribution in [-0.2, 0) is 13.1 Å². The summed E-state index contributed by atoms with van der Waals surface area (Å²) in [7, 11) is 0. The number of benzene rings is 3. The molecule has 0 saturated heterocycles. The second kappa shape index (κ2) is 8.94. The van der Waals surface area contributed by atoms with Crippen molar-refractivity contribution in [1.29, 1.82) is 0 Å². The molecular weight excluding hydrogens is 426 g/mol. The first-order chi connectivity index (χ1) is 16.5. The molecule has 1 N–H and O–H groups in total. The third-order valence-corrected chi connectivity index (χ3v) is 6.07. The van der Waals surface area contributed by atoms with E-state index < -0.39 is 5.63 Å². The summed E-state index contributed by atoms with van der Waals surface area (Å²) in [6.45, 7) is 4.76. The van der Waals surface area contributed by atoms with Crippen molar-refractivity contribution in [2.75, 3.05) is 4.90 Å². The van der Waals surface area contributed by atoms with Crippen molar-refractivity contribution in [1.82, 2.24) is 0 Å². The Morgan fingerprint density at radius 1 is 0.765 bits per heavy atom. The van der Waals surface area contributed by atoms with E-state index in [1.165, 1.54) is 18.1 Å². The zero-order valence-electron chi connectivity index (χ0n) is 19.1. The maximum absolute atomic E-state index is 12.1. The molecule has 0 saturated carbocycles. The Balaban J connectivity index is 1.54. The van der Waals surface area contributed by atoms with Gasteiger partial charge in [0.1, 0.15) is 11.3 Å². The fraction of sp³-hybridized carbons (Fsp3) is 0.138. The van der Waals surface area contributed by atoms with Crippen LogP contribution in [-0.4, -0.2) is 5.11 Å². The number of fused-ring (bicyclic) bond motifs is 1. The lowest BCUT2D eigenvalue weighted by Gasteiger charge is -2.25. The van der Waals surface area contributed by atoms with E-state index in [-0.39, 0.29) is 17.1 Å². The molecule has 0 unspecified atom stereocenters. The minimum atomic E-state index is -0.573. The Labute approximate surface area is 197 Å². The quantitative estimate of drug-likeness (QED) is 0.316. The molecule has 34 heavy (non-hydrogen) atoms. The highest BCUT2D eigenvalue weighted by molar-refractivity contribution is 5.86. The van der Waals surface area contributed by atoms with E-state index in [0.717, 1.165) is 24.2 Å². The molecule has 0 spiro atoms. The van der Waals surface area contributed by atoms with Crippen molar-refractivity contribution in [2.24, 2.45) is 0 Å². The summed E-state index contributed by atoms with van der Waals surface area (Å²) in [4.78, 5) is 14.4. The van der Waals surface area contributed by atoms with Crippen LogP contribution in [0.2, 0.25) is 0 Å². The fourth-order valence-corrected chi connectivity index (χ4v) is 4.15. The molecule has 0 amide bonds. The Morgan fingerprint density at radius 3 is 2.00 bits per heavy atom. The number of furan rings is 1. The summed E-state index contributed by atoms with van der Waals surface area (Å²) < 4.78 is 11.4. The second-order valence-electron chi connectivity index (χ2n) is 8.48. The average molecular weight is 452 g/mol. The Morgan fingerprint density at radius 2 is 1.38 bits per heavy atom. The predicted octanol–water partition coefficient (Wildman–Crippen LogP) is 6.58. The Hall–Kier alpha value is -4.25. The van der Waals surface area contributed by atoms with Gasteiger partial charge in [0.25, 0.3) is 0 Å². The van der Waals surface area contributed by atoms with E-state index in [1.54, 1.807) is 6.92 Å². The van der Waals surface area contributed by atoms with Gasteiger partial charge in [0, 0.05) is 29.7 Å². The van der Waals surface area contributed by atoms with Crippen molar-refractivity contribution < 1.29 is 13.9 Å². The summed E-state index contributed by atoms with van der Waals surface area (Å²) in [5, 5.41) is 11.2. The minimum Gasteiger partial charge on any atom is -0.507 e. The molecule has 0 aliphatic heterocycles. The zero-order valence-corrected chi connectivity index (χ0v) is 19.1. The van der Waals surface area contributed by atoms with Crippen molar-refractivity contribution in [3.05, 3.63) is 118 Å². The van der Waals surface area contributed by atoms with Gasteiger partial charge < -0.3 is 18.8 Å². The van der Waals surface area contributed by atoms with Crippen LogP contribution in [0.3, 0.4) is 0 Å². The van der Waals surface area contributed by atoms with Crippen molar-refractivity contribution in [2.45, 2.75) is 26.9 Å². The third-order valence-electron chi connectivity index (χ3n) is 6.07. The lowest BCUT2D eigenvalue weighted by atomic mass is 10.1. The van der Waals surface area contributed by atoms with Crippen molar-refractivity contribution in [3.8, 4) is 17.3 Å². The monoisotopic (exact) mass is 451 g/mol. The van der Waals surface area contributed by atoms with Crippen LogP contribution >= 0.6 is 0 Å². The van der Waals surface area contributed by atoms with Crippen LogP contribution < -0.4 is 10.5 Å². The van der Waals surface area contributed by atoms with E-state index in [1.807, 2.05) is 30.3 Å². The third kappa shape index (κ3) is 4.20.